The van der Waals surface area contributed by atoms with E-state index in [-0.39, 0.29) is 4.75 Å². The van der Waals surface area contributed by atoms with E-state index < -0.39 is 0 Å². The predicted octanol–water partition coefficient (Wildman–Crippen LogP) is 3.73. The van der Waals surface area contributed by atoms with Crippen LogP contribution in [0.15, 0.2) is 42.5 Å². The highest BCUT2D eigenvalue weighted by atomic mass is 32.2. The molecule has 1 N–H and O–H groups in total. The number of rotatable bonds is 5. The van der Waals surface area contributed by atoms with Crippen molar-refractivity contribution >= 4 is 23.2 Å². The van der Waals surface area contributed by atoms with Gasteiger partial charge in [-0.3, -0.25) is 0 Å². The van der Waals surface area contributed by atoms with E-state index in [1.54, 1.807) is 4.52 Å². The molecule has 2 aromatic heterocycles. The number of aromatic nitrogens is 4. The number of nitrogens with zero attached hydrogens (tertiary/aromatic N) is 4. The van der Waals surface area contributed by atoms with Crippen LogP contribution in [0, 0.1) is 0 Å². The Bertz CT molecular complexity index is 777. The van der Waals surface area contributed by atoms with Crippen LogP contribution < -0.4 is 5.32 Å². The van der Waals surface area contributed by atoms with Gasteiger partial charge in [0.25, 0.3) is 0 Å². The summed E-state index contributed by atoms with van der Waals surface area (Å²) in [6, 6.07) is 13.9. The number of anilines is 1. The van der Waals surface area contributed by atoms with Crippen LogP contribution in [0.1, 0.15) is 20.8 Å². The lowest BCUT2D eigenvalue weighted by Gasteiger charge is -2.17. The molecule has 0 unspecified atom stereocenters. The lowest BCUT2D eigenvalue weighted by Crippen LogP contribution is -2.14. The third kappa shape index (κ3) is 4.01. The molecular formula is C17H21N5S. The van der Waals surface area contributed by atoms with Gasteiger partial charge in [0.2, 0.25) is 0 Å². The third-order valence-electron chi connectivity index (χ3n) is 3.24. The fourth-order valence-corrected chi connectivity index (χ4v) is 3.00. The van der Waals surface area contributed by atoms with E-state index in [9.17, 15) is 0 Å². The van der Waals surface area contributed by atoms with Gasteiger partial charge >= 0.3 is 0 Å². The zero-order valence-corrected chi connectivity index (χ0v) is 14.5. The van der Waals surface area contributed by atoms with Crippen molar-refractivity contribution in [3.8, 4) is 11.4 Å². The van der Waals surface area contributed by atoms with Crippen molar-refractivity contribution in [2.24, 2.45) is 0 Å². The Labute approximate surface area is 140 Å². The molecule has 1 aromatic carbocycles. The smallest absolute Gasteiger partial charge is 0.185 e. The van der Waals surface area contributed by atoms with Gasteiger partial charge < -0.3 is 5.32 Å². The molecule has 0 saturated carbocycles. The van der Waals surface area contributed by atoms with Crippen molar-refractivity contribution in [2.75, 3.05) is 17.6 Å². The standard InChI is InChI=1S/C17H21N5S/c1-17(2,3)23-12-11-18-14-9-10-15-19-20-16(22(15)21-14)13-7-5-4-6-8-13/h4-10H,11-12H2,1-3H3,(H,18,21). The maximum atomic E-state index is 4.62. The van der Waals surface area contributed by atoms with Crippen molar-refractivity contribution < 1.29 is 0 Å². The molecule has 0 aliphatic heterocycles. The molecule has 0 bridgehead atoms. The van der Waals surface area contributed by atoms with Crippen LogP contribution >= 0.6 is 11.8 Å². The second-order valence-electron chi connectivity index (χ2n) is 6.27. The Morgan fingerprint density at radius 1 is 1.04 bits per heavy atom. The number of hydrogen-bond donors (Lipinski definition) is 1. The molecular weight excluding hydrogens is 306 g/mol. The maximum absolute atomic E-state index is 4.62. The van der Waals surface area contributed by atoms with Crippen LogP contribution in [0.2, 0.25) is 0 Å². The van der Waals surface area contributed by atoms with Crippen molar-refractivity contribution in [3.05, 3.63) is 42.5 Å². The summed E-state index contributed by atoms with van der Waals surface area (Å²) in [4.78, 5) is 0. The zero-order valence-electron chi connectivity index (χ0n) is 13.7. The van der Waals surface area contributed by atoms with E-state index in [0.29, 0.717) is 0 Å². The van der Waals surface area contributed by atoms with E-state index in [0.717, 1.165) is 35.2 Å². The molecule has 0 fully saturated rings. The highest BCUT2D eigenvalue weighted by Crippen LogP contribution is 2.22. The van der Waals surface area contributed by atoms with Crippen LogP contribution in [-0.2, 0) is 0 Å². The van der Waals surface area contributed by atoms with Crippen LogP contribution in [0.3, 0.4) is 0 Å². The van der Waals surface area contributed by atoms with Gasteiger partial charge in [-0.1, -0.05) is 51.1 Å². The van der Waals surface area contributed by atoms with Gasteiger partial charge in [0.05, 0.1) is 0 Å². The van der Waals surface area contributed by atoms with Crippen LogP contribution in [-0.4, -0.2) is 36.9 Å². The Kier molecular flexibility index (Phi) is 4.52. The fourth-order valence-electron chi connectivity index (χ4n) is 2.19. The van der Waals surface area contributed by atoms with Gasteiger partial charge in [-0.15, -0.1) is 15.3 Å². The molecule has 6 heteroatoms. The quantitative estimate of drug-likeness (QED) is 0.724. The van der Waals surface area contributed by atoms with Crippen LogP contribution in [0.4, 0.5) is 5.82 Å². The van der Waals surface area contributed by atoms with Gasteiger partial charge in [0.1, 0.15) is 5.82 Å². The van der Waals surface area contributed by atoms with E-state index >= 15 is 0 Å². The summed E-state index contributed by atoms with van der Waals surface area (Å²) in [7, 11) is 0. The van der Waals surface area contributed by atoms with Crippen molar-refractivity contribution in [2.45, 2.75) is 25.5 Å². The molecule has 120 valence electrons. The van der Waals surface area contributed by atoms with Gasteiger partial charge in [-0.2, -0.15) is 16.3 Å². The normalized spacial score (nSPS) is 11.8. The lowest BCUT2D eigenvalue weighted by molar-refractivity contribution is 0.802. The summed E-state index contributed by atoms with van der Waals surface area (Å²) in [6.45, 7) is 7.56. The largest absolute Gasteiger partial charge is 0.368 e. The minimum atomic E-state index is 0.286. The van der Waals surface area contributed by atoms with Crippen molar-refractivity contribution in [3.63, 3.8) is 0 Å². The summed E-state index contributed by atoms with van der Waals surface area (Å²) < 4.78 is 2.07. The van der Waals surface area contributed by atoms with Gasteiger partial charge in [-0.25, -0.2) is 0 Å². The second-order valence-corrected chi connectivity index (χ2v) is 8.19. The zero-order chi connectivity index (χ0) is 16.3. The minimum absolute atomic E-state index is 0.286. The monoisotopic (exact) mass is 327 g/mol. The molecule has 3 rings (SSSR count). The molecule has 0 aliphatic rings. The van der Waals surface area contributed by atoms with Gasteiger partial charge in [-0.05, 0) is 12.1 Å². The Balaban J connectivity index is 1.76. The number of hydrogen-bond acceptors (Lipinski definition) is 5. The molecule has 23 heavy (non-hydrogen) atoms. The summed E-state index contributed by atoms with van der Waals surface area (Å²) in [5.41, 5.74) is 1.76. The van der Waals surface area contributed by atoms with Crippen molar-refractivity contribution in [1.29, 1.82) is 0 Å². The molecule has 0 aliphatic carbocycles. The summed E-state index contributed by atoms with van der Waals surface area (Å²) in [5.74, 6) is 2.63. The third-order valence-corrected chi connectivity index (χ3v) is 4.51. The molecule has 0 amide bonds. The minimum Gasteiger partial charge on any atom is -0.368 e. The first-order valence-electron chi connectivity index (χ1n) is 7.69. The Morgan fingerprint density at radius 2 is 1.83 bits per heavy atom. The molecule has 3 aromatic rings. The summed E-state index contributed by atoms with van der Waals surface area (Å²) in [5, 5.41) is 16.4. The first-order chi connectivity index (χ1) is 11.0. The Hall–Kier alpha value is -2.08. The average molecular weight is 327 g/mol. The Morgan fingerprint density at radius 3 is 2.57 bits per heavy atom. The topological polar surface area (TPSA) is 55.1 Å². The number of nitrogens with one attached hydrogen (secondary N) is 1. The average Bonchev–Trinajstić information content (AvgIpc) is 2.95. The number of fused-ring (bicyclic) bond motifs is 1. The highest BCUT2D eigenvalue weighted by Gasteiger charge is 2.11. The number of thioether (sulfide) groups is 1. The SMILES string of the molecule is CC(C)(C)SCCNc1ccc2nnc(-c3ccccc3)n2n1. The molecule has 0 atom stereocenters. The first-order valence-corrected chi connectivity index (χ1v) is 8.67. The number of benzene rings is 1. The summed E-state index contributed by atoms with van der Waals surface area (Å²) in [6.07, 6.45) is 0. The fraction of sp³-hybridized carbons (Fsp3) is 0.353. The molecule has 2 heterocycles. The molecule has 0 radical (unpaired) electrons. The summed E-state index contributed by atoms with van der Waals surface area (Å²) >= 11 is 1.94. The van der Waals surface area contributed by atoms with Gasteiger partial charge in [0.15, 0.2) is 11.5 Å². The van der Waals surface area contributed by atoms with E-state index in [4.69, 9.17) is 0 Å². The van der Waals surface area contributed by atoms with E-state index in [1.807, 2.05) is 54.2 Å². The van der Waals surface area contributed by atoms with Crippen LogP contribution in [0.25, 0.3) is 17.0 Å². The van der Waals surface area contributed by atoms with Crippen molar-refractivity contribution in [1.82, 2.24) is 19.8 Å². The lowest BCUT2D eigenvalue weighted by atomic mass is 10.2. The van der Waals surface area contributed by atoms with Crippen LogP contribution in [0.5, 0.6) is 0 Å². The first kappa shape index (κ1) is 15.8. The highest BCUT2D eigenvalue weighted by molar-refractivity contribution is 8.00. The molecule has 0 saturated heterocycles. The van der Waals surface area contributed by atoms with E-state index in [1.165, 1.54) is 0 Å². The van der Waals surface area contributed by atoms with E-state index in [2.05, 4.69) is 41.4 Å². The van der Waals surface area contributed by atoms with Gasteiger partial charge in [0, 0.05) is 22.6 Å². The predicted molar refractivity (Wildman–Crippen MR) is 96.9 cm³/mol. The molecule has 5 nitrogen and oxygen atoms in total. The maximum Gasteiger partial charge on any atom is 0.185 e. The molecule has 0 spiro atoms. The second kappa shape index (κ2) is 6.58.